The Hall–Kier alpha value is -0.780. The lowest BCUT2D eigenvalue weighted by atomic mass is 9.84. The fourth-order valence-electron chi connectivity index (χ4n) is 4.01. The van der Waals surface area contributed by atoms with Crippen LogP contribution in [0, 0.1) is 18.8 Å². The van der Waals surface area contributed by atoms with Gasteiger partial charge in [-0.1, -0.05) is 6.92 Å². The van der Waals surface area contributed by atoms with Crippen LogP contribution in [0.2, 0.25) is 0 Å². The lowest BCUT2D eigenvalue weighted by Gasteiger charge is -2.35. The molecule has 2 unspecified atom stereocenters. The van der Waals surface area contributed by atoms with Gasteiger partial charge in [0.2, 0.25) is 5.91 Å². The molecule has 0 radical (unpaired) electrons. The summed E-state index contributed by atoms with van der Waals surface area (Å²) in [4.78, 5) is 14.8. The molecule has 0 aromatic carbocycles. The molecule has 144 valence electrons. The number of nitrogens with zero attached hydrogens (tertiary/aromatic N) is 3. The van der Waals surface area contributed by atoms with Crippen molar-refractivity contribution >= 4 is 30.7 Å². The maximum atomic E-state index is 12.7. The highest BCUT2D eigenvalue weighted by molar-refractivity contribution is 5.85. The van der Waals surface area contributed by atoms with Crippen molar-refractivity contribution in [3.05, 3.63) is 18.0 Å². The van der Waals surface area contributed by atoms with Gasteiger partial charge in [-0.2, -0.15) is 5.10 Å². The minimum Gasteiger partial charge on any atom is -0.341 e. The van der Waals surface area contributed by atoms with Crippen molar-refractivity contribution in [3.8, 4) is 0 Å². The van der Waals surface area contributed by atoms with E-state index in [-0.39, 0.29) is 24.8 Å². The molecular formula is C18H32Cl2N4O. The molecule has 5 nitrogen and oxygen atoms in total. The Morgan fingerprint density at radius 3 is 2.68 bits per heavy atom. The average molecular weight is 391 g/mol. The molecule has 1 amide bonds. The predicted molar refractivity (Wildman–Crippen MR) is 106 cm³/mol. The lowest BCUT2D eigenvalue weighted by molar-refractivity contribution is -0.134. The number of carbonyl (C=O) groups excluding carboxylic acids is 1. The van der Waals surface area contributed by atoms with Crippen LogP contribution in [0.4, 0.5) is 0 Å². The molecule has 25 heavy (non-hydrogen) atoms. The Kier molecular flexibility index (Phi) is 9.25. The van der Waals surface area contributed by atoms with E-state index in [0.29, 0.717) is 30.2 Å². The van der Waals surface area contributed by atoms with Crippen LogP contribution in [-0.2, 0) is 4.79 Å². The second-order valence-electron chi connectivity index (χ2n) is 7.40. The molecular weight excluding hydrogens is 359 g/mol. The highest BCUT2D eigenvalue weighted by atomic mass is 35.5. The van der Waals surface area contributed by atoms with Crippen LogP contribution in [0.5, 0.6) is 0 Å². The quantitative estimate of drug-likeness (QED) is 0.858. The lowest BCUT2D eigenvalue weighted by Crippen LogP contribution is -2.42. The summed E-state index contributed by atoms with van der Waals surface area (Å²) in [6, 6.07) is 0.343. The standard InChI is InChI=1S/C18H30N4O.2ClH/c1-14-11-20-22(12-14)17-4-3-9-21(13-17)18(23)10-15(2)16-5-7-19-8-6-16;;/h11-12,15-17,19H,3-10,13H2,1-2H3;2*1H. The van der Waals surface area contributed by atoms with Crippen LogP contribution < -0.4 is 5.32 Å². The van der Waals surface area contributed by atoms with Crippen LogP contribution in [-0.4, -0.2) is 46.8 Å². The van der Waals surface area contributed by atoms with Crippen molar-refractivity contribution in [2.45, 2.75) is 52.0 Å². The molecule has 0 aliphatic carbocycles. The third-order valence-electron chi connectivity index (χ3n) is 5.54. The van der Waals surface area contributed by atoms with Crippen molar-refractivity contribution in [1.29, 1.82) is 0 Å². The average Bonchev–Trinajstić information content (AvgIpc) is 3.02. The van der Waals surface area contributed by atoms with Crippen molar-refractivity contribution in [2.75, 3.05) is 26.2 Å². The minimum absolute atomic E-state index is 0. The number of rotatable bonds is 4. The maximum absolute atomic E-state index is 12.7. The molecule has 3 heterocycles. The zero-order valence-corrected chi connectivity index (χ0v) is 17.0. The van der Waals surface area contributed by atoms with Gasteiger partial charge in [-0.05, 0) is 63.1 Å². The molecule has 3 rings (SSSR count). The second kappa shape index (κ2) is 10.4. The van der Waals surface area contributed by atoms with Crippen molar-refractivity contribution < 1.29 is 4.79 Å². The summed E-state index contributed by atoms with van der Waals surface area (Å²) >= 11 is 0. The van der Waals surface area contributed by atoms with Gasteiger partial charge in [0.15, 0.2) is 0 Å². The van der Waals surface area contributed by atoms with Crippen molar-refractivity contribution in [3.63, 3.8) is 0 Å². The monoisotopic (exact) mass is 390 g/mol. The minimum atomic E-state index is 0. The van der Waals surface area contributed by atoms with E-state index >= 15 is 0 Å². The van der Waals surface area contributed by atoms with Crippen LogP contribution >= 0.6 is 24.8 Å². The number of hydrogen-bond donors (Lipinski definition) is 1. The molecule has 2 aliphatic heterocycles. The Bertz CT molecular complexity index is 531. The Morgan fingerprint density at radius 2 is 2.04 bits per heavy atom. The van der Waals surface area contributed by atoms with Gasteiger partial charge < -0.3 is 10.2 Å². The summed E-state index contributed by atoms with van der Waals surface area (Å²) in [7, 11) is 0. The molecule has 0 bridgehead atoms. The molecule has 1 aromatic rings. The SMILES string of the molecule is Cc1cnn(C2CCCN(C(=O)CC(C)C3CCNCC3)C2)c1.Cl.Cl. The molecule has 2 aliphatic rings. The maximum Gasteiger partial charge on any atom is 0.222 e. The van der Waals surface area contributed by atoms with E-state index in [1.807, 2.05) is 10.9 Å². The van der Waals surface area contributed by atoms with Gasteiger partial charge in [0, 0.05) is 25.7 Å². The fourth-order valence-corrected chi connectivity index (χ4v) is 4.01. The van der Waals surface area contributed by atoms with Crippen molar-refractivity contribution in [1.82, 2.24) is 20.0 Å². The highest BCUT2D eigenvalue weighted by Gasteiger charge is 2.28. The molecule has 1 aromatic heterocycles. The summed E-state index contributed by atoms with van der Waals surface area (Å²) in [6.45, 7) is 8.26. The van der Waals surface area contributed by atoms with Gasteiger partial charge in [-0.15, -0.1) is 24.8 Å². The topological polar surface area (TPSA) is 50.2 Å². The second-order valence-corrected chi connectivity index (χ2v) is 7.40. The largest absolute Gasteiger partial charge is 0.341 e. The molecule has 2 saturated heterocycles. The number of nitrogens with one attached hydrogen (secondary N) is 1. The first-order chi connectivity index (χ1) is 11.1. The van der Waals surface area contributed by atoms with Gasteiger partial charge in [-0.25, -0.2) is 0 Å². The summed E-state index contributed by atoms with van der Waals surface area (Å²) in [6.07, 6.45) is 9.32. The molecule has 0 saturated carbocycles. The first-order valence-electron chi connectivity index (χ1n) is 9.12. The number of hydrogen-bond acceptors (Lipinski definition) is 3. The number of piperidine rings is 2. The van der Waals surface area contributed by atoms with Crippen LogP contribution in [0.15, 0.2) is 12.4 Å². The van der Waals surface area contributed by atoms with Gasteiger partial charge in [-0.3, -0.25) is 9.48 Å². The van der Waals surface area contributed by atoms with Crippen LogP contribution in [0.3, 0.4) is 0 Å². The Morgan fingerprint density at radius 1 is 1.32 bits per heavy atom. The van der Waals surface area contributed by atoms with E-state index in [9.17, 15) is 4.79 Å². The number of amides is 1. The van der Waals surface area contributed by atoms with E-state index in [4.69, 9.17) is 0 Å². The molecule has 1 N–H and O–H groups in total. The summed E-state index contributed by atoms with van der Waals surface area (Å²) in [5.41, 5.74) is 1.19. The summed E-state index contributed by atoms with van der Waals surface area (Å²) in [5.74, 6) is 1.54. The normalized spacial score (nSPS) is 22.6. The van der Waals surface area contributed by atoms with Gasteiger partial charge in [0.1, 0.15) is 0 Å². The smallest absolute Gasteiger partial charge is 0.222 e. The van der Waals surface area contributed by atoms with Crippen molar-refractivity contribution in [2.24, 2.45) is 11.8 Å². The van der Waals surface area contributed by atoms with E-state index in [1.54, 1.807) is 0 Å². The summed E-state index contributed by atoms with van der Waals surface area (Å²) < 4.78 is 2.05. The fraction of sp³-hybridized carbons (Fsp3) is 0.778. The van der Waals surface area contributed by atoms with E-state index in [1.165, 1.54) is 18.4 Å². The van der Waals surface area contributed by atoms with Crippen LogP contribution in [0.25, 0.3) is 0 Å². The Balaban J connectivity index is 0.00000156. The van der Waals surface area contributed by atoms with E-state index in [0.717, 1.165) is 39.0 Å². The molecule has 0 spiro atoms. The molecule has 7 heteroatoms. The number of halogens is 2. The number of likely N-dealkylation sites (tertiary alicyclic amines) is 1. The zero-order valence-electron chi connectivity index (χ0n) is 15.3. The van der Waals surface area contributed by atoms with E-state index in [2.05, 4.69) is 35.4 Å². The van der Waals surface area contributed by atoms with Gasteiger partial charge >= 0.3 is 0 Å². The highest BCUT2D eigenvalue weighted by Crippen LogP contribution is 2.27. The summed E-state index contributed by atoms with van der Waals surface area (Å²) in [5, 5.41) is 7.85. The molecule has 2 atom stereocenters. The first kappa shape index (κ1) is 22.3. The number of carbonyl (C=O) groups is 1. The predicted octanol–water partition coefficient (Wildman–Crippen LogP) is 3.22. The van der Waals surface area contributed by atoms with Gasteiger partial charge in [0.05, 0.1) is 12.2 Å². The third kappa shape index (κ3) is 5.87. The number of aryl methyl sites for hydroxylation is 1. The Labute approximate surface area is 163 Å². The number of aromatic nitrogens is 2. The first-order valence-corrected chi connectivity index (χ1v) is 9.12. The molecule has 2 fully saturated rings. The zero-order chi connectivity index (χ0) is 16.2. The van der Waals surface area contributed by atoms with E-state index < -0.39 is 0 Å². The van der Waals surface area contributed by atoms with Crippen LogP contribution in [0.1, 0.15) is 50.6 Å². The van der Waals surface area contributed by atoms with Gasteiger partial charge in [0.25, 0.3) is 0 Å². The third-order valence-corrected chi connectivity index (χ3v) is 5.54.